The topological polar surface area (TPSA) is 0 Å². The molecule has 0 spiro atoms. The summed E-state index contributed by atoms with van der Waals surface area (Å²) in [5, 5.41) is 0. The second-order valence-corrected chi connectivity index (χ2v) is 2.75. The summed E-state index contributed by atoms with van der Waals surface area (Å²) in [5.41, 5.74) is -4.62. The van der Waals surface area contributed by atoms with E-state index in [-0.39, 0.29) is 6.92 Å². The van der Waals surface area contributed by atoms with Crippen LogP contribution < -0.4 is 0 Å². The van der Waals surface area contributed by atoms with Crippen molar-refractivity contribution in [1.29, 1.82) is 0 Å². The fraction of sp³-hybridized carbons (Fsp3) is 1.00. The molecular formula is C6H6F8. The lowest BCUT2D eigenvalue weighted by atomic mass is 9.98. The van der Waals surface area contributed by atoms with E-state index in [4.69, 9.17) is 0 Å². The lowest BCUT2D eigenvalue weighted by Crippen LogP contribution is -2.51. The van der Waals surface area contributed by atoms with Crippen molar-refractivity contribution in [3.63, 3.8) is 0 Å². The van der Waals surface area contributed by atoms with E-state index in [1.807, 2.05) is 0 Å². The van der Waals surface area contributed by atoms with E-state index >= 15 is 0 Å². The minimum absolute atomic E-state index is 0.327. The third kappa shape index (κ3) is 2.48. The highest BCUT2D eigenvalue weighted by atomic mass is 19.4. The minimum atomic E-state index is -5.73. The van der Waals surface area contributed by atoms with Crippen molar-refractivity contribution in [2.24, 2.45) is 0 Å². The molecule has 0 aromatic carbocycles. The Morgan fingerprint density at radius 2 is 1.21 bits per heavy atom. The van der Waals surface area contributed by atoms with Gasteiger partial charge in [0.2, 0.25) is 5.67 Å². The van der Waals surface area contributed by atoms with Crippen LogP contribution in [0.15, 0.2) is 0 Å². The second-order valence-electron chi connectivity index (χ2n) is 2.75. The van der Waals surface area contributed by atoms with Gasteiger partial charge in [-0.25, -0.2) is 22.0 Å². The van der Waals surface area contributed by atoms with Crippen LogP contribution in [-0.2, 0) is 0 Å². The lowest BCUT2D eigenvalue weighted by Gasteiger charge is -2.28. The molecule has 0 aromatic rings. The SMILES string of the molecule is CC(F)(C(F)C(F)C(F)F)C(F)(F)F. The Balaban J connectivity index is 4.75. The molecule has 0 amide bonds. The number of alkyl halides is 8. The molecule has 86 valence electrons. The van der Waals surface area contributed by atoms with Gasteiger partial charge in [0.1, 0.15) is 0 Å². The van der Waals surface area contributed by atoms with Crippen LogP contribution >= 0.6 is 0 Å². The first-order valence-corrected chi connectivity index (χ1v) is 3.33. The molecule has 0 nitrogen and oxygen atoms in total. The molecule has 0 aliphatic rings. The zero-order valence-corrected chi connectivity index (χ0v) is 6.76. The van der Waals surface area contributed by atoms with Gasteiger partial charge in [0, 0.05) is 0 Å². The Morgan fingerprint density at radius 1 is 0.857 bits per heavy atom. The summed E-state index contributed by atoms with van der Waals surface area (Å²) >= 11 is 0. The molecule has 8 heteroatoms. The molecule has 0 saturated carbocycles. The molecule has 3 atom stereocenters. The summed E-state index contributed by atoms with van der Waals surface area (Å²) in [7, 11) is 0. The van der Waals surface area contributed by atoms with E-state index in [0.717, 1.165) is 0 Å². The summed E-state index contributed by atoms with van der Waals surface area (Å²) in [5.74, 6) is 0. The molecule has 0 aliphatic carbocycles. The predicted molar refractivity (Wildman–Crippen MR) is 31.4 cm³/mol. The third-order valence-corrected chi connectivity index (χ3v) is 1.59. The summed E-state index contributed by atoms with van der Waals surface area (Å²) in [4.78, 5) is 0. The Hall–Kier alpha value is -0.560. The molecule has 0 bridgehead atoms. The lowest BCUT2D eigenvalue weighted by molar-refractivity contribution is -0.253. The van der Waals surface area contributed by atoms with Crippen LogP contribution in [0, 0.1) is 0 Å². The van der Waals surface area contributed by atoms with Crippen molar-refractivity contribution in [1.82, 2.24) is 0 Å². The van der Waals surface area contributed by atoms with Gasteiger partial charge in [-0.15, -0.1) is 0 Å². The number of hydrogen-bond donors (Lipinski definition) is 0. The van der Waals surface area contributed by atoms with Crippen molar-refractivity contribution in [3.8, 4) is 0 Å². The Bertz CT molecular complexity index is 183. The van der Waals surface area contributed by atoms with Crippen LogP contribution in [0.25, 0.3) is 0 Å². The number of rotatable bonds is 3. The molecule has 0 aliphatic heterocycles. The first kappa shape index (κ1) is 13.4. The molecule has 0 N–H and O–H groups in total. The van der Waals surface area contributed by atoms with Gasteiger partial charge in [0.25, 0.3) is 6.43 Å². The van der Waals surface area contributed by atoms with Crippen molar-refractivity contribution in [2.45, 2.75) is 37.5 Å². The second kappa shape index (κ2) is 3.90. The normalized spacial score (nSPS) is 21.9. The zero-order valence-electron chi connectivity index (χ0n) is 6.76. The first-order chi connectivity index (χ1) is 6.01. The highest BCUT2D eigenvalue weighted by Crippen LogP contribution is 2.40. The third-order valence-electron chi connectivity index (χ3n) is 1.59. The molecule has 0 saturated heterocycles. The van der Waals surface area contributed by atoms with Crippen LogP contribution in [0.5, 0.6) is 0 Å². The Kier molecular flexibility index (Phi) is 3.74. The standard InChI is InChI=1S/C6H6F8/c1-5(11,6(12,13)14)3(8)2(7)4(9)10/h2-4H,1H3. The summed E-state index contributed by atoms with van der Waals surface area (Å²) in [6, 6.07) is 0. The number of hydrogen-bond acceptors (Lipinski definition) is 0. The predicted octanol–water partition coefficient (Wildman–Crippen LogP) is 3.22. The average Bonchev–Trinajstić information content (AvgIpc) is 1.99. The number of halogens is 8. The highest BCUT2D eigenvalue weighted by molar-refractivity contribution is 4.94. The van der Waals surface area contributed by atoms with Crippen LogP contribution in [0.1, 0.15) is 6.92 Å². The van der Waals surface area contributed by atoms with Crippen LogP contribution in [-0.4, -0.2) is 30.6 Å². The van der Waals surface area contributed by atoms with E-state index in [1.54, 1.807) is 0 Å². The van der Waals surface area contributed by atoms with Gasteiger partial charge in [-0.05, 0) is 6.92 Å². The van der Waals surface area contributed by atoms with Gasteiger partial charge in [-0.1, -0.05) is 0 Å². The van der Waals surface area contributed by atoms with E-state index in [0.29, 0.717) is 0 Å². The maximum atomic E-state index is 12.5. The Labute approximate surface area is 73.9 Å². The molecule has 3 unspecified atom stereocenters. The first-order valence-electron chi connectivity index (χ1n) is 3.33. The largest absolute Gasteiger partial charge is 0.425 e. The molecule has 0 fully saturated rings. The molecule has 0 radical (unpaired) electrons. The van der Waals surface area contributed by atoms with Gasteiger partial charge in [0.15, 0.2) is 12.3 Å². The molecule has 14 heavy (non-hydrogen) atoms. The van der Waals surface area contributed by atoms with E-state index in [1.165, 1.54) is 0 Å². The van der Waals surface area contributed by atoms with E-state index in [2.05, 4.69) is 0 Å². The quantitative estimate of drug-likeness (QED) is 0.653. The fourth-order valence-corrected chi connectivity index (χ4v) is 0.583. The monoisotopic (exact) mass is 230 g/mol. The van der Waals surface area contributed by atoms with Gasteiger partial charge < -0.3 is 0 Å². The van der Waals surface area contributed by atoms with Crippen LogP contribution in [0.2, 0.25) is 0 Å². The summed E-state index contributed by atoms with van der Waals surface area (Å²) in [6.07, 6.45) is -17.5. The zero-order chi connectivity index (χ0) is 11.7. The van der Waals surface area contributed by atoms with Crippen molar-refractivity contribution in [2.75, 3.05) is 0 Å². The summed E-state index contributed by atoms with van der Waals surface area (Å²) < 4.78 is 94.9. The molecule has 0 heterocycles. The van der Waals surface area contributed by atoms with Crippen molar-refractivity contribution in [3.05, 3.63) is 0 Å². The molecule has 0 aromatic heterocycles. The van der Waals surface area contributed by atoms with Crippen molar-refractivity contribution < 1.29 is 35.1 Å². The maximum absolute atomic E-state index is 12.5. The summed E-state index contributed by atoms with van der Waals surface area (Å²) in [6.45, 7) is -0.327. The van der Waals surface area contributed by atoms with E-state index in [9.17, 15) is 35.1 Å². The molecule has 0 rings (SSSR count). The molecular weight excluding hydrogens is 224 g/mol. The van der Waals surface area contributed by atoms with Gasteiger partial charge in [0.05, 0.1) is 0 Å². The van der Waals surface area contributed by atoms with Crippen LogP contribution in [0.3, 0.4) is 0 Å². The van der Waals surface area contributed by atoms with Crippen molar-refractivity contribution >= 4 is 0 Å². The highest BCUT2D eigenvalue weighted by Gasteiger charge is 2.61. The van der Waals surface area contributed by atoms with E-state index < -0.39 is 30.6 Å². The average molecular weight is 230 g/mol. The van der Waals surface area contributed by atoms with Gasteiger partial charge in [-0.3, -0.25) is 0 Å². The Morgan fingerprint density at radius 3 is 1.43 bits per heavy atom. The minimum Gasteiger partial charge on any atom is -0.240 e. The maximum Gasteiger partial charge on any atom is 0.425 e. The fourth-order valence-electron chi connectivity index (χ4n) is 0.583. The van der Waals surface area contributed by atoms with Crippen LogP contribution in [0.4, 0.5) is 35.1 Å². The van der Waals surface area contributed by atoms with Gasteiger partial charge in [-0.2, -0.15) is 13.2 Å². The smallest absolute Gasteiger partial charge is 0.240 e. The van der Waals surface area contributed by atoms with Gasteiger partial charge >= 0.3 is 6.18 Å².